The summed E-state index contributed by atoms with van der Waals surface area (Å²) in [6, 6.07) is 12.3. The number of carbonyl (C=O) groups is 1. The molecule has 0 saturated carbocycles. The molecule has 0 radical (unpaired) electrons. The fourth-order valence-corrected chi connectivity index (χ4v) is 2.87. The lowest BCUT2D eigenvalue weighted by Gasteiger charge is -2.12. The number of carbonyl (C=O) groups excluding carboxylic acids is 1. The summed E-state index contributed by atoms with van der Waals surface area (Å²) in [6.45, 7) is 1.54. The number of ketones is 1. The molecule has 0 unspecified atom stereocenters. The first-order valence-corrected chi connectivity index (χ1v) is 8.53. The number of hydrogen-bond acceptors (Lipinski definition) is 5. The summed E-state index contributed by atoms with van der Waals surface area (Å²) in [5, 5.41) is 4.18. The van der Waals surface area contributed by atoms with Crippen molar-refractivity contribution < 1.29 is 18.7 Å². The molecule has 0 spiro atoms. The lowest BCUT2D eigenvalue weighted by Crippen LogP contribution is -2.25. The van der Waals surface area contributed by atoms with Crippen LogP contribution in [0.2, 0.25) is 0 Å². The third-order valence-corrected chi connectivity index (χ3v) is 4.30. The highest BCUT2D eigenvalue weighted by Gasteiger charge is 2.17. The Bertz CT molecular complexity index is 1070. The number of nitrogens with zero attached hydrogens (tertiary/aromatic N) is 2. The van der Waals surface area contributed by atoms with E-state index in [1.54, 1.807) is 19.2 Å². The number of rotatable bonds is 6. The van der Waals surface area contributed by atoms with E-state index >= 15 is 0 Å². The quantitative estimate of drug-likeness (QED) is 0.612. The van der Waals surface area contributed by atoms with Crippen molar-refractivity contribution in [3.05, 3.63) is 75.8 Å². The molecule has 1 heterocycles. The first-order valence-electron chi connectivity index (χ1n) is 8.53. The summed E-state index contributed by atoms with van der Waals surface area (Å²) < 4.78 is 25.4. The number of benzene rings is 2. The Balaban J connectivity index is 2.13. The van der Waals surface area contributed by atoms with Gasteiger partial charge in [-0.3, -0.25) is 9.59 Å². The average Bonchev–Trinajstić information content (AvgIpc) is 2.69. The smallest absolute Gasteiger partial charge is 0.275 e. The number of hydrogen-bond donors (Lipinski definition) is 0. The zero-order valence-electron chi connectivity index (χ0n) is 15.7. The minimum absolute atomic E-state index is 0.144. The van der Waals surface area contributed by atoms with Crippen molar-refractivity contribution in [2.75, 3.05) is 14.2 Å². The topological polar surface area (TPSA) is 70.4 Å². The molecule has 0 aliphatic heterocycles. The Morgan fingerprint density at radius 3 is 2.36 bits per heavy atom. The van der Waals surface area contributed by atoms with E-state index in [1.165, 1.54) is 43.0 Å². The molecule has 0 saturated heterocycles. The Morgan fingerprint density at radius 2 is 1.75 bits per heavy atom. The lowest BCUT2D eigenvalue weighted by molar-refractivity contribution is 0.101. The molecule has 0 bridgehead atoms. The van der Waals surface area contributed by atoms with Crippen LogP contribution in [-0.2, 0) is 6.54 Å². The molecule has 0 atom stereocenters. The summed E-state index contributed by atoms with van der Waals surface area (Å²) in [5.74, 6) is 0.0619. The third-order valence-electron chi connectivity index (χ3n) is 4.30. The van der Waals surface area contributed by atoms with E-state index in [0.29, 0.717) is 5.75 Å². The van der Waals surface area contributed by atoms with Crippen molar-refractivity contribution in [3.8, 4) is 22.8 Å². The minimum Gasteiger partial charge on any atom is -0.497 e. The first kappa shape index (κ1) is 19.3. The van der Waals surface area contributed by atoms with E-state index in [1.807, 2.05) is 12.1 Å². The van der Waals surface area contributed by atoms with Crippen molar-refractivity contribution in [1.82, 2.24) is 9.78 Å². The highest BCUT2D eigenvalue weighted by molar-refractivity contribution is 6.00. The third kappa shape index (κ3) is 3.93. The van der Waals surface area contributed by atoms with Crippen LogP contribution in [-0.4, -0.2) is 29.8 Å². The molecule has 0 fully saturated rings. The highest BCUT2D eigenvalue weighted by Crippen LogP contribution is 2.25. The second-order valence-electron chi connectivity index (χ2n) is 6.16. The number of aromatic nitrogens is 2. The van der Waals surface area contributed by atoms with Crippen LogP contribution in [0.15, 0.2) is 53.3 Å². The van der Waals surface area contributed by atoms with Gasteiger partial charge in [0.15, 0.2) is 5.78 Å². The summed E-state index contributed by atoms with van der Waals surface area (Å²) in [7, 11) is 2.99. The standard InChI is InChI=1S/C21H19FN2O4/c1-13(25)17-9-6-15(22)10-18(17)19-11-20(28-3)23-24(21(19)26)12-14-4-7-16(27-2)8-5-14/h4-11H,12H2,1-3H3. The zero-order chi connectivity index (χ0) is 20.3. The van der Waals surface area contributed by atoms with Crippen LogP contribution >= 0.6 is 0 Å². The maximum absolute atomic E-state index is 13.9. The number of halogens is 1. The monoisotopic (exact) mass is 382 g/mol. The fourth-order valence-electron chi connectivity index (χ4n) is 2.87. The van der Waals surface area contributed by atoms with Crippen LogP contribution in [0.3, 0.4) is 0 Å². The largest absolute Gasteiger partial charge is 0.497 e. The molecule has 28 heavy (non-hydrogen) atoms. The molecular formula is C21H19FN2O4. The predicted octanol–water partition coefficient (Wildman–Crippen LogP) is 3.32. The molecule has 7 heteroatoms. The van der Waals surface area contributed by atoms with Crippen LogP contribution in [0.5, 0.6) is 11.6 Å². The summed E-state index contributed by atoms with van der Waals surface area (Å²) in [4.78, 5) is 25.0. The average molecular weight is 382 g/mol. The zero-order valence-corrected chi connectivity index (χ0v) is 15.7. The molecular weight excluding hydrogens is 363 g/mol. The van der Waals surface area contributed by atoms with Gasteiger partial charge in [-0.2, -0.15) is 0 Å². The van der Waals surface area contributed by atoms with Crippen molar-refractivity contribution in [1.29, 1.82) is 0 Å². The van der Waals surface area contributed by atoms with E-state index in [0.717, 1.165) is 5.56 Å². The second-order valence-corrected chi connectivity index (χ2v) is 6.16. The number of Topliss-reactive ketones (excluding diaryl/α,β-unsaturated/α-hetero) is 1. The van der Waals surface area contributed by atoms with Gasteiger partial charge in [0, 0.05) is 17.2 Å². The van der Waals surface area contributed by atoms with Gasteiger partial charge < -0.3 is 9.47 Å². The fraction of sp³-hybridized carbons (Fsp3) is 0.190. The van der Waals surface area contributed by atoms with Gasteiger partial charge in [-0.05, 0) is 42.8 Å². The molecule has 1 aromatic heterocycles. The van der Waals surface area contributed by atoms with Crippen molar-refractivity contribution in [2.45, 2.75) is 13.5 Å². The van der Waals surface area contributed by atoms with Gasteiger partial charge in [0.25, 0.3) is 5.56 Å². The minimum atomic E-state index is -0.545. The molecule has 3 rings (SSSR count). The van der Waals surface area contributed by atoms with E-state index < -0.39 is 11.4 Å². The highest BCUT2D eigenvalue weighted by atomic mass is 19.1. The van der Waals surface area contributed by atoms with E-state index in [9.17, 15) is 14.0 Å². The van der Waals surface area contributed by atoms with Crippen LogP contribution in [0.1, 0.15) is 22.8 Å². The lowest BCUT2D eigenvalue weighted by atomic mass is 9.98. The van der Waals surface area contributed by atoms with Crippen LogP contribution in [0, 0.1) is 5.82 Å². The molecule has 2 aromatic carbocycles. The van der Waals surface area contributed by atoms with E-state index in [-0.39, 0.29) is 34.9 Å². The van der Waals surface area contributed by atoms with Gasteiger partial charge in [0.1, 0.15) is 11.6 Å². The van der Waals surface area contributed by atoms with Crippen molar-refractivity contribution in [2.24, 2.45) is 0 Å². The SMILES string of the molecule is COc1ccc(Cn2nc(OC)cc(-c3cc(F)ccc3C(C)=O)c2=O)cc1. The molecule has 0 aliphatic carbocycles. The van der Waals surface area contributed by atoms with E-state index in [4.69, 9.17) is 9.47 Å². The first-order chi connectivity index (χ1) is 13.4. The second kappa shape index (κ2) is 8.04. The van der Waals surface area contributed by atoms with Gasteiger partial charge in [-0.15, -0.1) is 5.10 Å². The summed E-state index contributed by atoms with van der Waals surface area (Å²) >= 11 is 0. The molecule has 0 amide bonds. The normalized spacial score (nSPS) is 10.6. The van der Waals surface area contributed by atoms with Crippen molar-refractivity contribution in [3.63, 3.8) is 0 Å². The Hall–Kier alpha value is -3.48. The van der Waals surface area contributed by atoms with Gasteiger partial charge in [0.05, 0.1) is 26.3 Å². The Labute approximate surface area is 161 Å². The molecule has 3 aromatic rings. The number of methoxy groups -OCH3 is 2. The Morgan fingerprint density at radius 1 is 1.04 bits per heavy atom. The van der Waals surface area contributed by atoms with Crippen LogP contribution < -0.4 is 15.0 Å². The van der Waals surface area contributed by atoms with Gasteiger partial charge in [-0.1, -0.05) is 12.1 Å². The van der Waals surface area contributed by atoms with E-state index in [2.05, 4.69) is 5.10 Å². The molecule has 144 valence electrons. The maximum Gasteiger partial charge on any atom is 0.275 e. The van der Waals surface area contributed by atoms with Gasteiger partial charge >= 0.3 is 0 Å². The maximum atomic E-state index is 13.9. The van der Waals surface area contributed by atoms with Crippen LogP contribution in [0.25, 0.3) is 11.1 Å². The van der Waals surface area contributed by atoms with Gasteiger partial charge in [0.2, 0.25) is 5.88 Å². The number of ether oxygens (including phenoxy) is 2. The summed E-state index contributed by atoms with van der Waals surface area (Å²) in [5.41, 5.74) is 0.972. The molecule has 0 aliphatic rings. The van der Waals surface area contributed by atoms with Crippen LogP contribution in [0.4, 0.5) is 4.39 Å². The van der Waals surface area contributed by atoms with Crippen molar-refractivity contribution >= 4 is 5.78 Å². The van der Waals surface area contributed by atoms with Gasteiger partial charge in [-0.25, -0.2) is 9.07 Å². The summed E-state index contributed by atoms with van der Waals surface area (Å²) in [6.07, 6.45) is 0. The molecule has 0 N–H and O–H groups in total. The molecule has 6 nitrogen and oxygen atoms in total. The Kier molecular flexibility index (Phi) is 5.54. The predicted molar refractivity (Wildman–Crippen MR) is 103 cm³/mol.